The molecule has 0 aliphatic carbocycles. The summed E-state index contributed by atoms with van der Waals surface area (Å²) in [6.07, 6.45) is 1.90. The molecule has 0 radical (unpaired) electrons. The van der Waals surface area contributed by atoms with Gasteiger partial charge in [0.15, 0.2) is 5.15 Å². The molecular formula is C9H11ClN4. The topological polar surface area (TPSA) is 55.3 Å². The molecule has 0 fully saturated rings. The number of imidazole rings is 1. The van der Waals surface area contributed by atoms with Gasteiger partial charge >= 0.3 is 0 Å². The summed E-state index contributed by atoms with van der Waals surface area (Å²) in [7, 11) is 1.86. The smallest absolute Gasteiger partial charge is 0.157 e. The first kappa shape index (κ1) is 9.30. The van der Waals surface area contributed by atoms with E-state index in [1.807, 2.05) is 29.8 Å². The zero-order valence-corrected chi connectivity index (χ0v) is 8.54. The molecule has 0 saturated heterocycles. The SMILES string of the molecule is CNCc1nc(Cl)c2c(N)cccn12. The number of anilines is 1. The van der Waals surface area contributed by atoms with Crippen molar-refractivity contribution in [1.29, 1.82) is 0 Å². The van der Waals surface area contributed by atoms with Crippen LogP contribution in [0.3, 0.4) is 0 Å². The number of nitrogens with two attached hydrogens (primary N) is 1. The highest BCUT2D eigenvalue weighted by atomic mass is 35.5. The van der Waals surface area contributed by atoms with Gasteiger partial charge in [0, 0.05) is 6.20 Å². The van der Waals surface area contributed by atoms with Crippen molar-refractivity contribution in [2.75, 3.05) is 12.8 Å². The molecule has 0 unspecified atom stereocenters. The number of aromatic nitrogens is 2. The molecule has 0 bridgehead atoms. The fraction of sp³-hybridized carbons (Fsp3) is 0.222. The Labute approximate surface area is 86.7 Å². The lowest BCUT2D eigenvalue weighted by Crippen LogP contribution is -2.08. The molecule has 0 aliphatic rings. The maximum atomic E-state index is 5.98. The average molecular weight is 211 g/mol. The number of halogens is 1. The molecule has 0 spiro atoms. The average Bonchev–Trinajstić information content (AvgIpc) is 2.46. The van der Waals surface area contributed by atoms with Gasteiger partial charge in [-0.25, -0.2) is 4.98 Å². The van der Waals surface area contributed by atoms with Crippen LogP contribution in [0.5, 0.6) is 0 Å². The Hall–Kier alpha value is -1.26. The minimum Gasteiger partial charge on any atom is -0.397 e. The Morgan fingerprint density at radius 2 is 2.43 bits per heavy atom. The van der Waals surface area contributed by atoms with Crippen molar-refractivity contribution in [2.24, 2.45) is 0 Å². The highest BCUT2D eigenvalue weighted by molar-refractivity contribution is 6.33. The van der Waals surface area contributed by atoms with Crippen LogP contribution in [0.2, 0.25) is 5.15 Å². The first-order valence-corrected chi connectivity index (χ1v) is 4.67. The van der Waals surface area contributed by atoms with Crippen molar-refractivity contribution < 1.29 is 0 Å². The van der Waals surface area contributed by atoms with E-state index in [0.717, 1.165) is 11.3 Å². The third kappa shape index (κ3) is 1.32. The number of hydrogen-bond acceptors (Lipinski definition) is 3. The summed E-state index contributed by atoms with van der Waals surface area (Å²) in [6, 6.07) is 3.69. The molecule has 2 rings (SSSR count). The summed E-state index contributed by atoms with van der Waals surface area (Å²) in [5.41, 5.74) is 7.22. The number of hydrogen-bond donors (Lipinski definition) is 2. The number of nitrogens with zero attached hydrogens (tertiary/aromatic N) is 2. The van der Waals surface area contributed by atoms with Gasteiger partial charge < -0.3 is 11.1 Å². The van der Waals surface area contributed by atoms with Crippen LogP contribution >= 0.6 is 11.6 Å². The number of nitrogen functional groups attached to an aromatic ring is 1. The van der Waals surface area contributed by atoms with Crippen molar-refractivity contribution in [3.8, 4) is 0 Å². The second kappa shape index (κ2) is 3.48. The number of pyridine rings is 1. The third-order valence-corrected chi connectivity index (χ3v) is 2.32. The van der Waals surface area contributed by atoms with E-state index >= 15 is 0 Å². The van der Waals surface area contributed by atoms with E-state index in [4.69, 9.17) is 17.3 Å². The van der Waals surface area contributed by atoms with Gasteiger partial charge in [-0.2, -0.15) is 0 Å². The molecular weight excluding hydrogens is 200 g/mol. The van der Waals surface area contributed by atoms with Crippen molar-refractivity contribution >= 4 is 22.8 Å². The second-order valence-electron chi connectivity index (χ2n) is 3.03. The first-order chi connectivity index (χ1) is 6.74. The molecule has 2 aromatic rings. The molecule has 5 heteroatoms. The van der Waals surface area contributed by atoms with Crippen LogP contribution in [0.25, 0.3) is 5.52 Å². The zero-order chi connectivity index (χ0) is 10.1. The molecule has 0 amide bonds. The van der Waals surface area contributed by atoms with Gasteiger partial charge in [-0.15, -0.1) is 0 Å². The number of nitrogens with one attached hydrogen (secondary N) is 1. The van der Waals surface area contributed by atoms with E-state index in [9.17, 15) is 0 Å². The molecule has 3 N–H and O–H groups in total. The molecule has 2 aromatic heterocycles. The van der Waals surface area contributed by atoms with Crippen molar-refractivity contribution in [1.82, 2.24) is 14.7 Å². The van der Waals surface area contributed by atoms with E-state index < -0.39 is 0 Å². The zero-order valence-electron chi connectivity index (χ0n) is 7.79. The van der Waals surface area contributed by atoms with Gasteiger partial charge in [0.05, 0.1) is 12.2 Å². The molecule has 14 heavy (non-hydrogen) atoms. The van der Waals surface area contributed by atoms with E-state index in [1.165, 1.54) is 0 Å². The maximum Gasteiger partial charge on any atom is 0.157 e. The van der Waals surface area contributed by atoms with Gasteiger partial charge in [0.25, 0.3) is 0 Å². The lowest BCUT2D eigenvalue weighted by molar-refractivity contribution is 0.755. The molecule has 0 aromatic carbocycles. The normalized spacial score (nSPS) is 11.0. The van der Waals surface area contributed by atoms with Gasteiger partial charge in [0.1, 0.15) is 11.3 Å². The molecule has 0 atom stereocenters. The summed E-state index contributed by atoms with van der Waals surface area (Å²) in [5.74, 6) is 0.861. The Morgan fingerprint density at radius 3 is 3.14 bits per heavy atom. The fourth-order valence-corrected chi connectivity index (χ4v) is 1.76. The maximum absolute atomic E-state index is 5.98. The molecule has 0 aliphatic heterocycles. The van der Waals surface area contributed by atoms with Crippen LogP contribution in [-0.4, -0.2) is 16.4 Å². The van der Waals surface area contributed by atoms with E-state index in [2.05, 4.69) is 10.3 Å². The summed E-state index contributed by atoms with van der Waals surface area (Å²) in [5, 5.41) is 3.48. The molecule has 74 valence electrons. The number of fused-ring (bicyclic) bond motifs is 1. The third-order valence-electron chi connectivity index (χ3n) is 2.06. The second-order valence-corrected chi connectivity index (χ2v) is 3.39. The Morgan fingerprint density at radius 1 is 1.64 bits per heavy atom. The van der Waals surface area contributed by atoms with Crippen molar-refractivity contribution in [3.63, 3.8) is 0 Å². The van der Waals surface area contributed by atoms with Gasteiger partial charge in [-0.3, -0.25) is 4.40 Å². The Bertz CT molecular complexity index is 463. The summed E-state index contributed by atoms with van der Waals surface area (Å²) < 4.78 is 1.90. The first-order valence-electron chi connectivity index (χ1n) is 4.29. The Balaban J connectivity index is 2.71. The van der Waals surface area contributed by atoms with Gasteiger partial charge in [0.2, 0.25) is 0 Å². The quantitative estimate of drug-likeness (QED) is 0.786. The van der Waals surface area contributed by atoms with Crippen LogP contribution in [0.15, 0.2) is 18.3 Å². The van der Waals surface area contributed by atoms with Crippen molar-refractivity contribution in [2.45, 2.75) is 6.54 Å². The van der Waals surface area contributed by atoms with Crippen LogP contribution in [0.1, 0.15) is 5.82 Å². The lowest BCUT2D eigenvalue weighted by atomic mass is 10.3. The van der Waals surface area contributed by atoms with Crippen LogP contribution in [0.4, 0.5) is 5.69 Å². The molecule has 4 nitrogen and oxygen atoms in total. The largest absolute Gasteiger partial charge is 0.397 e. The van der Waals surface area contributed by atoms with Crippen LogP contribution < -0.4 is 11.1 Å². The van der Waals surface area contributed by atoms with Crippen LogP contribution in [0, 0.1) is 0 Å². The monoisotopic (exact) mass is 210 g/mol. The molecule has 0 saturated carbocycles. The standard InChI is InChI=1S/C9H11ClN4/c1-12-5-7-13-9(10)8-6(11)3-2-4-14(7)8/h2-4,12H,5,11H2,1H3. The van der Waals surface area contributed by atoms with E-state index in [1.54, 1.807) is 0 Å². The lowest BCUT2D eigenvalue weighted by Gasteiger charge is -2.01. The van der Waals surface area contributed by atoms with Gasteiger partial charge in [-0.1, -0.05) is 11.6 Å². The number of rotatable bonds is 2. The minimum atomic E-state index is 0.452. The fourth-order valence-electron chi connectivity index (χ4n) is 1.46. The van der Waals surface area contributed by atoms with E-state index in [-0.39, 0.29) is 0 Å². The highest BCUT2D eigenvalue weighted by Gasteiger charge is 2.10. The van der Waals surface area contributed by atoms with E-state index in [0.29, 0.717) is 17.4 Å². The summed E-state index contributed by atoms with van der Waals surface area (Å²) >= 11 is 5.98. The summed E-state index contributed by atoms with van der Waals surface area (Å²) in [6.45, 7) is 0.664. The molecule has 2 heterocycles. The predicted octanol–water partition coefficient (Wildman–Crippen LogP) is 1.29. The van der Waals surface area contributed by atoms with Crippen LogP contribution in [-0.2, 0) is 6.54 Å². The highest BCUT2D eigenvalue weighted by Crippen LogP contribution is 2.23. The van der Waals surface area contributed by atoms with Crippen molar-refractivity contribution in [3.05, 3.63) is 29.3 Å². The predicted molar refractivity (Wildman–Crippen MR) is 57.4 cm³/mol. The minimum absolute atomic E-state index is 0.452. The Kier molecular flexibility index (Phi) is 2.31. The summed E-state index contributed by atoms with van der Waals surface area (Å²) in [4.78, 5) is 4.23. The van der Waals surface area contributed by atoms with Gasteiger partial charge in [-0.05, 0) is 19.2 Å².